The van der Waals surface area contributed by atoms with Gasteiger partial charge in [-0.15, -0.1) is 0 Å². The Labute approximate surface area is 122 Å². The molecule has 3 atom stereocenters. The minimum Gasteiger partial charge on any atom is -0.396 e. The van der Waals surface area contributed by atoms with Crippen molar-refractivity contribution >= 4 is 5.78 Å². The summed E-state index contributed by atoms with van der Waals surface area (Å²) in [5.74, 6) is -0.662. The molecule has 0 saturated heterocycles. The first-order valence-corrected chi connectivity index (χ1v) is 7.86. The van der Waals surface area contributed by atoms with Crippen LogP contribution in [0.15, 0.2) is 0 Å². The van der Waals surface area contributed by atoms with Crippen LogP contribution in [0.2, 0.25) is 0 Å². The molecular weight excluding hydrogens is 256 g/mol. The molecule has 0 heterocycles. The molecule has 0 aliphatic carbocycles. The molecule has 0 rings (SSSR count). The van der Waals surface area contributed by atoms with E-state index in [2.05, 4.69) is 6.92 Å². The summed E-state index contributed by atoms with van der Waals surface area (Å²) in [6.07, 6.45) is 5.47. The molecule has 0 saturated carbocycles. The lowest BCUT2D eigenvalue weighted by Gasteiger charge is -2.24. The largest absolute Gasteiger partial charge is 0.396 e. The minimum absolute atomic E-state index is 0.100. The number of aliphatic hydroxyl groups is 2. The van der Waals surface area contributed by atoms with Crippen LogP contribution < -0.4 is 11.5 Å². The summed E-state index contributed by atoms with van der Waals surface area (Å²) in [6.45, 7) is 2.59. The van der Waals surface area contributed by atoms with Crippen LogP contribution >= 0.6 is 0 Å². The summed E-state index contributed by atoms with van der Waals surface area (Å²) in [5.41, 5.74) is 11.3. The monoisotopic (exact) mass is 288 g/mol. The van der Waals surface area contributed by atoms with E-state index in [1.165, 1.54) is 0 Å². The normalized spacial score (nSPS) is 15.8. The van der Waals surface area contributed by atoms with E-state index in [-0.39, 0.29) is 18.8 Å². The van der Waals surface area contributed by atoms with Crippen molar-refractivity contribution in [2.45, 2.75) is 70.4 Å². The first-order valence-electron chi connectivity index (χ1n) is 7.86. The maximum atomic E-state index is 12.3. The van der Waals surface area contributed by atoms with Gasteiger partial charge in [0.2, 0.25) is 0 Å². The van der Waals surface area contributed by atoms with Crippen LogP contribution in [0.4, 0.5) is 0 Å². The van der Waals surface area contributed by atoms with E-state index >= 15 is 0 Å². The average Bonchev–Trinajstić information content (AvgIpc) is 2.44. The molecule has 0 aliphatic rings. The van der Waals surface area contributed by atoms with E-state index in [9.17, 15) is 9.90 Å². The second-order valence-corrected chi connectivity index (χ2v) is 5.48. The standard InChI is InChI=1S/C15H32N2O3/c1-2-3-4-8-14(19)12(9-11-18)15(20)13(17)7-5-6-10-16/h12-14,18-19H,2-11,16-17H2,1H3/t12?,13-,14?/m0/s1. The first-order chi connectivity index (χ1) is 9.58. The molecule has 0 fully saturated rings. The number of nitrogens with two attached hydrogens (primary N) is 2. The van der Waals surface area contributed by atoms with Crippen LogP contribution in [0.1, 0.15) is 58.3 Å². The molecule has 0 aliphatic heterocycles. The number of unbranched alkanes of at least 4 members (excludes halogenated alkanes) is 3. The lowest BCUT2D eigenvalue weighted by atomic mass is 9.86. The van der Waals surface area contributed by atoms with Gasteiger partial charge in [0.25, 0.3) is 0 Å². The fourth-order valence-corrected chi connectivity index (χ4v) is 2.39. The molecule has 0 spiro atoms. The second kappa shape index (κ2) is 12.3. The average molecular weight is 288 g/mol. The van der Waals surface area contributed by atoms with E-state index in [1.54, 1.807) is 0 Å². The summed E-state index contributed by atoms with van der Waals surface area (Å²) in [6, 6.07) is -0.557. The van der Waals surface area contributed by atoms with Gasteiger partial charge in [-0.3, -0.25) is 4.79 Å². The van der Waals surface area contributed by atoms with E-state index < -0.39 is 18.1 Å². The SMILES string of the molecule is CCCCCC(O)C(CCO)C(=O)[C@@H](N)CCCCN. The Hall–Kier alpha value is -0.490. The van der Waals surface area contributed by atoms with Gasteiger partial charge in [-0.25, -0.2) is 0 Å². The highest BCUT2D eigenvalue weighted by Crippen LogP contribution is 2.19. The van der Waals surface area contributed by atoms with Crippen LogP contribution in [0.5, 0.6) is 0 Å². The van der Waals surface area contributed by atoms with E-state index in [0.29, 0.717) is 19.4 Å². The molecule has 5 heteroatoms. The molecule has 0 bridgehead atoms. The van der Waals surface area contributed by atoms with Crippen molar-refractivity contribution in [2.75, 3.05) is 13.2 Å². The fraction of sp³-hybridized carbons (Fsp3) is 0.933. The third-order valence-electron chi connectivity index (χ3n) is 3.71. The maximum absolute atomic E-state index is 12.3. The molecule has 0 amide bonds. The molecule has 0 aromatic heterocycles. The highest BCUT2D eigenvalue weighted by Gasteiger charge is 2.29. The number of rotatable bonds is 13. The van der Waals surface area contributed by atoms with Crippen molar-refractivity contribution in [1.82, 2.24) is 0 Å². The van der Waals surface area contributed by atoms with Crippen molar-refractivity contribution in [3.8, 4) is 0 Å². The van der Waals surface area contributed by atoms with Crippen LogP contribution in [-0.2, 0) is 4.79 Å². The van der Waals surface area contributed by atoms with Crippen molar-refractivity contribution in [2.24, 2.45) is 17.4 Å². The second-order valence-electron chi connectivity index (χ2n) is 5.48. The van der Waals surface area contributed by atoms with Crippen molar-refractivity contribution < 1.29 is 15.0 Å². The first kappa shape index (κ1) is 19.5. The summed E-state index contributed by atoms with van der Waals surface area (Å²) in [4.78, 5) is 12.3. The number of carbonyl (C=O) groups excluding carboxylic acids is 1. The summed E-state index contributed by atoms with van der Waals surface area (Å²) < 4.78 is 0. The summed E-state index contributed by atoms with van der Waals surface area (Å²) in [5, 5.41) is 19.2. The molecule has 0 radical (unpaired) electrons. The van der Waals surface area contributed by atoms with Crippen LogP contribution in [0.3, 0.4) is 0 Å². The molecule has 6 N–H and O–H groups in total. The quantitative estimate of drug-likeness (QED) is 0.377. The molecular formula is C15H32N2O3. The third kappa shape index (κ3) is 7.94. The molecule has 2 unspecified atom stereocenters. The zero-order chi connectivity index (χ0) is 15.4. The Morgan fingerprint density at radius 3 is 2.30 bits per heavy atom. The zero-order valence-electron chi connectivity index (χ0n) is 12.8. The van der Waals surface area contributed by atoms with Gasteiger partial charge >= 0.3 is 0 Å². The zero-order valence-corrected chi connectivity index (χ0v) is 12.8. The van der Waals surface area contributed by atoms with Gasteiger partial charge in [0.05, 0.1) is 12.1 Å². The number of aliphatic hydroxyl groups excluding tert-OH is 2. The summed E-state index contributed by atoms with van der Waals surface area (Å²) in [7, 11) is 0. The molecule has 0 aromatic carbocycles. The number of hydrogen-bond donors (Lipinski definition) is 4. The van der Waals surface area contributed by atoms with Gasteiger partial charge in [-0.2, -0.15) is 0 Å². The number of carbonyl (C=O) groups is 1. The van der Waals surface area contributed by atoms with Gasteiger partial charge in [-0.1, -0.05) is 32.6 Å². The Morgan fingerprint density at radius 2 is 1.75 bits per heavy atom. The fourth-order valence-electron chi connectivity index (χ4n) is 2.39. The Kier molecular flexibility index (Phi) is 12.0. The number of Topliss-reactive ketones (excluding diaryl/α,β-unsaturated/α-hetero) is 1. The van der Waals surface area contributed by atoms with Crippen molar-refractivity contribution in [3.05, 3.63) is 0 Å². The topological polar surface area (TPSA) is 110 Å². The molecule has 0 aromatic rings. The highest BCUT2D eigenvalue weighted by atomic mass is 16.3. The molecule has 5 nitrogen and oxygen atoms in total. The van der Waals surface area contributed by atoms with Gasteiger partial charge in [-0.05, 0) is 32.2 Å². The Bertz CT molecular complexity index is 249. The van der Waals surface area contributed by atoms with Gasteiger partial charge in [0, 0.05) is 12.5 Å². The Balaban J connectivity index is 4.35. The maximum Gasteiger partial charge on any atom is 0.155 e. The van der Waals surface area contributed by atoms with E-state index in [1.807, 2.05) is 0 Å². The van der Waals surface area contributed by atoms with E-state index in [4.69, 9.17) is 16.6 Å². The van der Waals surface area contributed by atoms with Gasteiger partial charge < -0.3 is 21.7 Å². The summed E-state index contributed by atoms with van der Waals surface area (Å²) >= 11 is 0. The van der Waals surface area contributed by atoms with Gasteiger partial charge in [0.15, 0.2) is 5.78 Å². The van der Waals surface area contributed by atoms with Crippen LogP contribution in [0.25, 0.3) is 0 Å². The van der Waals surface area contributed by atoms with Crippen molar-refractivity contribution in [3.63, 3.8) is 0 Å². The molecule has 20 heavy (non-hydrogen) atoms. The van der Waals surface area contributed by atoms with Crippen molar-refractivity contribution in [1.29, 1.82) is 0 Å². The predicted molar refractivity (Wildman–Crippen MR) is 81.2 cm³/mol. The lowest BCUT2D eigenvalue weighted by Crippen LogP contribution is -2.41. The van der Waals surface area contributed by atoms with E-state index in [0.717, 1.165) is 32.1 Å². The highest BCUT2D eigenvalue weighted by molar-refractivity contribution is 5.86. The number of ketones is 1. The smallest absolute Gasteiger partial charge is 0.155 e. The third-order valence-corrected chi connectivity index (χ3v) is 3.71. The predicted octanol–water partition coefficient (Wildman–Crippen LogP) is 0.952. The minimum atomic E-state index is -0.693. The van der Waals surface area contributed by atoms with Crippen LogP contribution in [-0.4, -0.2) is 41.3 Å². The Morgan fingerprint density at radius 1 is 1.10 bits per heavy atom. The lowest BCUT2D eigenvalue weighted by molar-refractivity contribution is -0.128. The van der Waals surface area contributed by atoms with Crippen LogP contribution in [0, 0.1) is 5.92 Å². The number of hydrogen-bond acceptors (Lipinski definition) is 5. The van der Waals surface area contributed by atoms with Gasteiger partial charge in [0.1, 0.15) is 0 Å². The molecule has 120 valence electrons.